The molecule has 0 amide bonds. The van der Waals surface area contributed by atoms with Crippen LogP contribution in [-0.4, -0.2) is 43.8 Å². The molecule has 1 atom stereocenters. The highest BCUT2D eigenvalue weighted by molar-refractivity contribution is 5.71. The number of piperidine rings is 1. The molecule has 1 saturated heterocycles. The molecule has 18 heavy (non-hydrogen) atoms. The van der Waals surface area contributed by atoms with Crippen molar-refractivity contribution in [3.8, 4) is 0 Å². The Bertz CT molecular complexity index is 473. The summed E-state index contributed by atoms with van der Waals surface area (Å²) in [5.74, 6) is -0.532. The van der Waals surface area contributed by atoms with Crippen LogP contribution < -0.4 is 5.69 Å². The SMILES string of the molecule is CC(C(=O)O)n1c(CN2CCCCC2)n[nH]c1=O. The summed E-state index contributed by atoms with van der Waals surface area (Å²) in [5.41, 5.74) is -0.461. The third-order valence-corrected chi connectivity index (χ3v) is 3.34. The molecule has 1 unspecified atom stereocenters. The lowest BCUT2D eigenvalue weighted by Gasteiger charge is -2.26. The van der Waals surface area contributed by atoms with Crippen LogP contribution in [0.5, 0.6) is 0 Å². The van der Waals surface area contributed by atoms with Crippen LogP contribution in [0.25, 0.3) is 0 Å². The third-order valence-electron chi connectivity index (χ3n) is 3.34. The first kappa shape index (κ1) is 12.8. The highest BCUT2D eigenvalue weighted by Crippen LogP contribution is 2.13. The summed E-state index contributed by atoms with van der Waals surface area (Å²) in [7, 11) is 0. The van der Waals surface area contributed by atoms with Crippen LogP contribution >= 0.6 is 0 Å². The number of hydrogen-bond acceptors (Lipinski definition) is 4. The zero-order chi connectivity index (χ0) is 13.1. The molecule has 0 aliphatic carbocycles. The van der Waals surface area contributed by atoms with Crippen molar-refractivity contribution in [2.24, 2.45) is 0 Å². The van der Waals surface area contributed by atoms with Crippen molar-refractivity contribution in [2.45, 2.75) is 38.8 Å². The Balaban J connectivity index is 2.17. The van der Waals surface area contributed by atoms with Crippen molar-refractivity contribution in [1.82, 2.24) is 19.7 Å². The molecule has 1 aromatic heterocycles. The number of carbonyl (C=O) groups is 1. The van der Waals surface area contributed by atoms with Gasteiger partial charge in [-0.1, -0.05) is 6.42 Å². The minimum Gasteiger partial charge on any atom is -0.480 e. The second-order valence-corrected chi connectivity index (χ2v) is 4.67. The number of carboxylic acids is 1. The van der Waals surface area contributed by atoms with Crippen molar-refractivity contribution < 1.29 is 9.90 Å². The first-order valence-electron chi connectivity index (χ1n) is 6.20. The van der Waals surface area contributed by atoms with E-state index in [1.54, 1.807) is 0 Å². The summed E-state index contributed by atoms with van der Waals surface area (Å²) in [5, 5.41) is 15.3. The van der Waals surface area contributed by atoms with E-state index in [1.807, 2.05) is 0 Å². The number of H-pyrrole nitrogens is 1. The molecule has 1 aliphatic heterocycles. The predicted molar refractivity (Wildman–Crippen MR) is 64.3 cm³/mol. The van der Waals surface area contributed by atoms with Crippen molar-refractivity contribution in [3.63, 3.8) is 0 Å². The van der Waals surface area contributed by atoms with Gasteiger partial charge in [-0.3, -0.25) is 9.47 Å². The van der Waals surface area contributed by atoms with Crippen LogP contribution in [0.2, 0.25) is 0 Å². The second kappa shape index (κ2) is 5.34. The zero-order valence-corrected chi connectivity index (χ0v) is 10.4. The van der Waals surface area contributed by atoms with Crippen molar-refractivity contribution >= 4 is 5.97 Å². The molecule has 1 aliphatic rings. The van der Waals surface area contributed by atoms with Gasteiger partial charge in [-0.05, 0) is 32.9 Å². The number of aliphatic carboxylic acids is 1. The van der Waals surface area contributed by atoms with Crippen molar-refractivity contribution in [2.75, 3.05) is 13.1 Å². The van der Waals surface area contributed by atoms with Gasteiger partial charge in [-0.25, -0.2) is 14.7 Å². The first-order chi connectivity index (χ1) is 8.59. The van der Waals surface area contributed by atoms with Gasteiger partial charge in [0.05, 0.1) is 6.54 Å². The van der Waals surface area contributed by atoms with E-state index in [9.17, 15) is 9.59 Å². The number of aromatic amines is 1. The van der Waals surface area contributed by atoms with E-state index in [0.29, 0.717) is 12.4 Å². The lowest BCUT2D eigenvalue weighted by atomic mass is 10.1. The van der Waals surface area contributed by atoms with Crippen molar-refractivity contribution in [3.05, 3.63) is 16.3 Å². The Morgan fingerprint density at radius 2 is 2.11 bits per heavy atom. The van der Waals surface area contributed by atoms with Crippen molar-refractivity contribution in [1.29, 1.82) is 0 Å². The lowest BCUT2D eigenvalue weighted by molar-refractivity contribution is -0.140. The van der Waals surface area contributed by atoms with Gasteiger partial charge in [0.2, 0.25) is 0 Å². The summed E-state index contributed by atoms with van der Waals surface area (Å²) in [6, 6.07) is -0.893. The Morgan fingerprint density at radius 3 is 2.72 bits per heavy atom. The van der Waals surface area contributed by atoms with Gasteiger partial charge in [0.25, 0.3) is 0 Å². The van der Waals surface area contributed by atoms with E-state index in [-0.39, 0.29) is 0 Å². The minimum atomic E-state index is -1.03. The standard InChI is InChI=1S/C11H18N4O3/c1-8(10(16)17)15-9(12-13-11(15)18)7-14-5-3-2-4-6-14/h8H,2-7H2,1H3,(H,13,18)(H,16,17). The van der Waals surface area contributed by atoms with Gasteiger partial charge in [0.1, 0.15) is 11.9 Å². The summed E-state index contributed by atoms with van der Waals surface area (Å²) in [6.07, 6.45) is 3.52. The second-order valence-electron chi connectivity index (χ2n) is 4.67. The Kier molecular flexibility index (Phi) is 3.81. The molecule has 100 valence electrons. The molecule has 7 heteroatoms. The molecular weight excluding hydrogens is 236 g/mol. The van der Waals surface area contributed by atoms with Gasteiger partial charge >= 0.3 is 11.7 Å². The fraction of sp³-hybridized carbons (Fsp3) is 0.727. The topological polar surface area (TPSA) is 91.2 Å². The highest BCUT2D eigenvalue weighted by Gasteiger charge is 2.22. The third kappa shape index (κ3) is 2.61. The molecule has 1 aromatic rings. The van der Waals surface area contributed by atoms with Crippen LogP contribution in [-0.2, 0) is 11.3 Å². The molecular formula is C11H18N4O3. The average molecular weight is 254 g/mol. The summed E-state index contributed by atoms with van der Waals surface area (Å²) < 4.78 is 1.22. The molecule has 2 N–H and O–H groups in total. The number of nitrogens with one attached hydrogen (secondary N) is 1. The van der Waals surface area contributed by atoms with E-state index in [4.69, 9.17) is 5.11 Å². The summed E-state index contributed by atoms with van der Waals surface area (Å²) in [4.78, 5) is 24.8. The number of rotatable bonds is 4. The van der Waals surface area contributed by atoms with E-state index in [0.717, 1.165) is 25.9 Å². The maximum absolute atomic E-state index is 11.6. The average Bonchev–Trinajstić information content (AvgIpc) is 2.71. The van der Waals surface area contributed by atoms with Crippen LogP contribution in [0.3, 0.4) is 0 Å². The molecule has 7 nitrogen and oxygen atoms in total. The Morgan fingerprint density at radius 1 is 1.44 bits per heavy atom. The monoisotopic (exact) mass is 254 g/mol. The molecule has 0 saturated carbocycles. The van der Waals surface area contributed by atoms with E-state index in [2.05, 4.69) is 15.1 Å². The van der Waals surface area contributed by atoms with Gasteiger partial charge < -0.3 is 5.11 Å². The number of likely N-dealkylation sites (tertiary alicyclic amines) is 1. The maximum atomic E-state index is 11.6. The molecule has 0 bridgehead atoms. The smallest absolute Gasteiger partial charge is 0.344 e. The maximum Gasteiger partial charge on any atom is 0.344 e. The fourth-order valence-corrected chi connectivity index (χ4v) is 2.28. The molecule has 0 radical (unpaired) electrons. The summed E-state index contributed by atoms with van der Waals surface area (Å²) >= 11 is 0. The number of aromatic nitrogens is 3. The zero-order valence-electron chi connectivity index (χ0n) is 10.4. The van der Waals surface area contributed by atoms with E-state index < -0.39 is 17.7 Å². The Labute approximate surface area is 104 Å². The van der Waals surface area contributed by atoms with Gasteiger partial charge in [-0.2, -0.15) is 5.10 Å². The van der Waals surface area contributed by atoms with E-state index in [1.165, 1.54) is 17.9 Å². The molecule has 1 fully saturated rings. The van der Waals surface area contributed by atoms with Crippen LogP contribution in [0, 0.1) is 0 Å². The largest absolute Gasteiger partial charge is 0.480 e. The number of carboxylic acid groups (broad SMARTS) is 1. The summed E-state index contributed by atoms with van der Waals surface area (Å²) in [6.45, 7) is 3.96. The molecule has 0 spiro atoms. The molecule has 0 aromatic carbocycles. The molecule has 2 heterocycles. The number of hydrogen-bond donors (Lipinski definition) is 2. The van der Waals surface area contributed by atoms with Gasteiger partial charge in [0, 0.05) is 0 Å². The lowest BCUT2D eigenvalue weighted by Crippen LogP contribution is -2.33. The first-order valence-corrected chi connectivity index (χ1v) is 6.20. The van der Waals surface area contributed by atoms with Crippen LogP contribution in [0.15, 0.2) is 4.79 Å². The van der Waals surface area contributed by atoms with Gasteiger partial charge in [-0.15, -0.1) is 0 Å². The highest BCUT2D eigenvalue weighted by atomic mass is 16.4. The Hall–Kier alpha value is -1.63. The van der Waals surface area contributed by atoms with E-state index >= 15 is 0 Å². The fourth-order valence-electron chi connectivity index (χ4n) is 2.28. The normalized spacial score (nSPS) is 18.7. The quantitative estimate of drug-likeness (QED) is 0.801. The van der Waals surface area contributed by atoms with Crippen LogP contribution in [0.4, 0.5) is 0 Å². The predicted octanol–water partition coefficient (Wildman–Crippen LogP) is 0.203. The van der Waals surface area contributed by atoms with Gasteiger partial charge in [0.15, 0.2) is 0 Å². The number of nitrogens with zero attached hydrogens (tertiary/aromatic N) is 3. The molecule has 2 rings (SSSR count). The minimum absolute atomic E-state index is 0.461. The van der Waals surface area contributed by atoms with Crippen LogP contribution in [0.1, 0.15) is 38.1 Å².